The van der Waals surface area contributed by atoms with Gasteiger partial charge in [-0.1, -0.05) is 369 Å². The summed E-state index contributed by atoms with van der Waals surface area (Å²) in [6.45, 7) is 13.8. The van der Waals surface area contributed by atoms with E-state index in [4.69, 9.17) is 8.83 Å². The molecule has 24 rings (SSSR count). The summed E-state index contributed by atoms with van der Waals surface area (Å²) >= 11 is 0. The fourth-order valence-electron chi connectivity index (χ4n) is 20.9. The second-order valence-electron chi connectivity index (χ2n) is 37.8. The number of para-hydroxylation sites is 2. The largest absolute Gasteiger partial charge is 0.456 e. The first-order valence-corrected chi connectivity index (χ1v) is 46.3. The summed E-state index contributed by atoms with van der Waals surface area (Å²) in [5, 5.41) is 4.17. The van der Waals surface area contributed by atoms with Crippen LogP contribution in [0.15, 0.2) is 464 Å². The lowest BCUT2D eigenvalue weighted by Gasteiger charge is -2.46. The zero-order valence-corrected chi connectivity index (χ0v) is 75.1. The van der Waals surface area contributed by atoms with Crippen molar-refractivity contribution in [1.82, 2.24) is 0 Å². The molecule has 630 valence electrons. The molecule has 2 aliphatic rings. The highest BCUT2D eigenvalue weighted by molar-refractivity contribution is 7.00. The molecule has 2 aliphatic heterocycles. The minimum Gasteiger partial charge on any atom is -0.456 e. The second-order valence-corrected chi connectivity index (χ2v) is 37.8. The normalized spacial score (nSPS) is 12.4. The Bertz CT molecular complexity index is 7930. The molecular formula is C128H93BN2O2. The highest BCUT2D eigenvalue weighted by Gasteiger charge is 2.47. The molecule has 0 atom stereocenters. The van der Waals surface area contributed by atoms with Crippen LogP contribution in [0.4, 0.5) is 34.1 Å². The molecule has 4 nitrogen and oxygen atoms in total. The molecule has 0 saturated carbocycles. The van der Waals surface area contributed by atoms with Gasteiger partial charge in [0.1, 0.15) is 22.3 Å². The van der Waals surface area contributed by atoms with Gasteiger partial charge in [0, 0.05) is 66.5 Å². The monoisotopic (exact) mass is 1700 g/mol. The fraction of sp³-hybridized carbons (Fsp3) is 0.0625. The van der Waals surface area contributed by atoms with Crippen molar-refractivity contribution < 1.29 is 8.83 Å². The third-order valence-corrected chi connectivity index (χ3v) is 27.5. The van der Waals surface area contributed by atoms with Gasteiger partial charge in [0.25, 0.3) is 6.71 Å². The van der Waals surface area contributed by atoms with Crippen molar-refractivity contribution in [3.63, 3.8) is 0 Å². The molecule has 0 N–H and O–H groups in total. The van der Waals surface area contributed by atoms with E-state index in [9.17, 15) is 0 Å². The SMILES string of the molecule is CC(C)(C)c1cc(-c2ccccc2)c(N2c3cc(-c4cc(-c5ccccc5)cc(-c5ccccc5)c4)ccc3B3c4ccc(-c5cc(-c6ccccc6)cc(-c6ccccc6)c5)cc4N(c4c(-c5cccc6oc7ccccc7c56)cc(C(C)(C)C)cc4-c4cccc5oc6ccccc6c45)c4cc(-c5cc(-c6ccccc6)cc(-c6ccccc6)c5)cc2c43)c(-c2ccccc2)c1. The Hall–Kier alpha value is -16.3. The van der Waals surface area contributed by atoms with Gasteiger partial charge in [-0.25, -0.2) is 0 Å². The van der Waals surface area contributed by atoms with E-state index in [2.05, 4.69) is 506 Å². The van der Waals surface area contributed by atoms with Crippen LogP contribution in [-0.4, -0.2) is 6.71 Å². The highest BCUT2D eigenvalue weighted by Crippen LogP contribution is 2.58. The average molecular weight is 1700 g/mol. The maximum absolute atomic E-state index is 7.12. The number of rotatable bonds is 15. The van der Waals surface area contributed by atoms with E-state index in [0.717, 1.165) is 234 Å². The van der Waals surface area contributed by atoms with Crippen LogP contribution in [0.1, 0.15) is 52.7 Å². The van der Waals surface area contributed by atoms with Crippen LogP contribution in [0.2, 0.25) is 0 Å². The van der Waals surface area contributed by atoms with E-state index in [0.29, 0.717) is 0 Å². The summed E-state index contributed by atoms with van der Waals surface area (Å²) in [4.78, 5) is 5.50. The molecule has 2 aromatic heterocycles. The molecule has 0 unspecified atom stereocenters. The molecule has 4 heterocycles. The Morgan fingerprint density at radius 1 is 0.188 bits per heavy atom. The molecule has 22 aromatic rings. The first-order valence-electron chi connectivity index (χ1n) is 46.3. The molecule has 0 radical (unpaired) electrons. The van der Waals surface area contributed by atoms with E-state index in [1.165, 1.54) is 16.6 Å². The molecule has 0 fully saturated rings. The van der Waals surface area contributed by atoms with E-state index in [-0.39, 0.29) is 10.8 Å². The van der Waals surface area contributed by atoms with Crippen molar-refractivity contribution in [2.75, 3.05) is 9.80 Å². The Morgan fingerprint density at radius 2 is 0.436 bits per heavy atom. The van der Waals surface area contributed by atoms with Crippen LogP contribution in [0, 0.1) is 0 Å². The quantitative estimate of drug-likeness (QED) is 0.0958. The number of hydrogen-bond acceptors (Lipinski definition) is 4. The lowest BCUT2D eigenvalue weighted by molar-refractivity contribution is 0.590. The van der Waals surface area contributed by atoms with Gasteiger partial charge in [-0.15, -0.1) is 0 Å². The summed E-state index contributed by atoms with van der Waals surface area (Å²) in [5.41, 5.74) is 43.5. The Morgan fingerprint density at radius 3 is 0.752 bits per heavy atom. The van der Waals surface area contributed by atoms with Crippen LogP contribution >= 0.6 is 0 Å². The van der Waals surface area contributed by atoms with Crippen LogP contribution in [-0.2, 0) is 10.8 Å². The van der Waals surface area contributed by atoms with Crippen molar-refractivity contribution in [2.45, 2.75) is 52.4 Å². The summed E-state index contributed by atoms with van der Waals surface area (Å²) in [6, 6.07) is 171. The predicted octanol–water partition coefficient (Wildman–Crippen LogP) is 33.8. The van der Waals surface area contributed by atoms with Gasteiger partial charge >= 0.3 is 0 Å². The van der Waals surface area contributed by atoms with Gasteiger partial charge in [-0.2, -0.15) is 0 Å². The zero-order valence-electron chi connectivity index (χ0n) is 75.1. The minimum absolute atomic E-state index is 0.281. The van der Waals surface area contributed by atoms with Crippen LogP contribution in [0.25, 0.3) is 189 Å². The Kier molecular flexibility index (Phi) is 19.5. The average Bonchev–Trinajstić information content (AvgIpc) is 1.10. The molecule has 5 heteroatoms. The standard InChI is InChI=1S/C128H93BN2O2/c1-127(2,3)102-78-108(88-49-27-13-28-50-88)125(109(79-102)89-51-29-14-30-52-89)130-114-74-90(98-68-92(82-37-15-7-16-38-82)65-93(69-98)83-39-17-8-18-40-83)61-63-112(114)129-113-64-62-91(99-70-94(84-41-19-9-20-42-84)66-95(71-99)85-43-21-10-22-44-85)75-115(113)131(117-77-101(76-116(130)124(117)129)100-72-96(86-45-23-11-24-46-86)67-97(73-100)87-47-25-12-26-48-87)126-110(104-55-35-59-120-122(104)106-53-31-33-57-118(106)132-120)80-103(128(4,5)6)81-111(126)105-56-36-60-121-123(105)107-54-32-34-58-119(107)133-121/h7-81H,1-6H3. The maximum Gasteiger partial charge on any atom is 0.252 e. The van der Waals surface area contributed by atoms with Crippen molar-refractivity contribution in [2.24, 2.45) is 0 Å². The van der Waals surface area contributed by atoms with Gasteiger partial charge in [0.15, 0.2) is 0 Å². The first-order chi connectivity index (χ1) is 65.2. The third kappa shape index (κ3) is 14.3. The fourth-order valence-corrected chi connectivity index (χ4v) is 20.9. The second kappa shape index (κ2) is 32.4. The van der Waals surface area contributed by atoms with Crippen LogP contribution in [0.5, 0.6) is 0 Å². The van der Waals surface area contributed by atoms with E-state index in [1.807, 2.05) is 0 Å². The summed E-state index contributed by atoms with van der Waals surface area (Å²) < 4.78 is 14.2. The molecule has 0 bridgehead atoms. The highest BCUT2D eigenvalue weighted by atomic mass is 16.3. The smallest absolute Gasteiger partial charge is 0.252 e. The lowest BCUT2D eigenvalue weighted by Crippen LogP contribution is -2.61. The number of fused-ring (bicyclic) bond motifs is 10. The molecule has 133 heavy (non-hydrogen) atoms. The number of nitrogens with zero attached hydrogens (tertiary/aromatic N) is 2. The number of furan rings is 2. The lowest BCUT2D eigenvalue weighted by atomic mass is 9.33. The Labute approximate surface area is 777 Å². The maximum atomic E-state index is 7.12. The minimum atomic E-state index is -0.404. The number of anilines is 6. The Balaban J connectivity index is 0.911. The molecule has 20 aromatic carbocycles. The molecular weight excluding hydrogens is 1610 g/mol. The molecule has 0 aliphatic carbocycles. The van der Waals surface area contributed by atoms with Gasteiger partial charge in [-0.3, -0.25) is 0 Å². The summed E-state index contributed by atoms with van der Waals surface area (Å²) in [5.74, 6) is 0. The summed E-state index contributed by atoms with van der Waals surface area (Å²) in [7, 11) is 0. The molecule has 0 saturated heterocycles. The van der Waals surface area contributed by atoms with Crippen molar-refractivity contribution >= 4 is 101 Å². The van der Waals surface area contributed by atoms with Gasteiger partial charge < -0.3 is 18.6 Å². The number of hydrogen-bond donors (Lipinski definition) is 0. The van der Waals surface area contributed by atoms with Crippen LogP contribution < -0.4 is 26.2 Å². The number of benzene rings is 20. The van der Waals surface area contributed by atoms with Gasteiger partial charge in [0.2, 0.25) is 0 Å². The molecule has 0 spiro atoms. The van der Waals surface area contributed by atoms with Crippen molar-refractivity contribution in [3.8, 4) is 145 Å². The van der Waals surface area contributed by atoms with Crippen molar-refractivity contribution in [3.05, 3.63) is 466 Å². The van der Waals surface area contributed by atoms with Crippen LogP contribution in [0.3, 0.4) is 0 Å². The zero-order chi connectivity index (χ0) is 89.2. The third-order valence-electron chi connectivity index (χ3n) is 27.5. The van der Waals surface area contributed by atoms with Crippen molar-refractivity contribution in [1.29, 1.82) is 0 Å². The van der Waals surface area contributed by atoms with Gasteiger partial charge in [0.05, 0.1) is 11.4 Å². The molecule has 0 amide bonds. The first kappa shape index (κ1) is 80.0. The predicted molar refractivity (Wildman–Crippen MR) is 563 cm³/mol. The van der Waals surface area contributed by atoms with E-state index in [1.54, 1.807) is 0 Å². The van der Waals surface area contributed by atoms with E-state index < -0.39 is 6.71 Å². The topological polar surface area (TPSA) is 32.8 Å². The van der Waals surface area contributed by atoms with Gasteiger partial charge in [-0.05, 0) is 288 Å². The van der Waals surface area contributed by atoms with E-state index >= 15 is 0 Å². The summed E-state index contributed by atoms with van der Waals surface area (Å²) in [6.07, 6.45) is 0.